The summed E-state index contributed by atoms with van der Waals surface area (Å²) in [5.41, 5.74) is 3.65. The van der Waals surface area contributed by atoms with E-state index in [9.17, 15) is 4.79 Å². The molecule has 5 nitrogen and oxygen atoms in total. The second-order valence-electron chi connectivity index (χ2n) is 5.79. The van der Waals surface area contributed by atoms with Crippen molar-refractivity contribution in [3.63, 3.8) is 0 Å². The molecule has 0 aliphatic rings. The van der Waals surface area contributed by atoms with Crippen molar-refractivity contribution in [3.05, 3.63) is 75.5 Å². The van der Waals surface area contributed by atoms with Crippen LogP contribution in [0, 0.1) is 13.8 Å². The number of aromatic nitrogens is 2. The fourth-order valence-corrected chi connectivity index (χ4v) is 2.74. The van der Waals surface area contributed by atoms with Crippen LogP contribution < -0.4 is 10.6 Å². The van der Waals surface area contributed by atoms with Crippen LogP contribution >= 0.6 is 23.2 Å². The van der Waals surface area contributed by atoms with E-state index in [0.717, 1.165) is 16.8 Å². The molecule has 132 valence electrons. The minimum absolute atomic E-state index is 0.237. The molecule has 26 heavy (non-hydrogen) atoms. The summed E-state index contributed by atoms with van der Waals surface area (Å²) in [5.74, 6) is -0.0676. The van der Waals surface area contributed by atoms with Gasteiger partial charge in [0.15, 0.2) is 0 Å². The first-order valence-electron chi connectivity index (χ1n) is 7.86. The molecule has 0 atom stereocenters. The molecule has 0 saturated carbocycles. The molecular formula is C19H16Cl2N4O. The van der Waals surface area contributed by atoms with Crippen molar-refractivity contribution in [1.29, 1.82) is 0 Å². The third-order valence-electron chi connectivity index (χ3n) is 3.69. The normalized spacial score (nSPS) is 10.5. The molecule has 2 N–H and O–H groups in total. The summed E-state index contributed by atoms with van der Waals surface area (Å²) in [6, 6.07) is 12.4. The first-order valence-corrected chi connectivity index (χ1v) is 8.62. The summed E-state index contributed by atoms with van der Waals surface area (Å²) < 4.78 is 0. The third kappa shape index (κ3) is 4.31. The fourth-order valence-electron chi connectivity index (χ4n) is 2.40. The van der Waals surface area contributed by atoms with E-state index in [1.807, 2.05) is 32.0 Å². The molecule has 2 aromatic carbocycles. The summed E-state index contributed by atoms with van der Waals surface area (Å²) in [5, 5.41) is 6.84. The van der Waals surface area contributed by atoms with Crippen LogP contribution in [0.4, 0.5) is 17.3 Å². The number of benzene rings is 2. The lowest BCUT2D eigenvalue weighted by Gasteiger charge is -2.10. The molecule has 0 radical (unpaired) electrons. The van der Waals surface area contributed by atoms with Gasteiger partial charge in [-0.15, -0.1) is 0 Å². The Morgan fingerprint density at radius 2 is 1.81 bits per heavy atom. The van der Waals surface area contributed by atoms with Crippen LogP contribution in [0.15, 0.2) is 48.7 Å². The summed E-state index contributed by atoms with van der Waals surface area (Å²) in [4.78, 5) is 20.9. The lowest BCUT2D eigenvalue weighted by Crippen LogP contribution is -2.15. The molecule has 7 heteroatoms. The smallest absolute Gasteiger partial charge is 0.274 e. The van der Waals surface area contributed by atoms with Gasteiger partial charge in [0, 0.05) is 16.9 Å². The number of carbonyl (C=O) groups excluding carboxylic acids is 1. The number of nitrogens with zero attached hydrogens (tertiary/aromatic N) is 2. The van der Waals surface area contributed by atoms with Gasteiger partial charge in [0.05, 0.1) is 10.7 Å². The number of halogens is 2. The molecule has 0 unspecified atom stereocenters. The summed E-state index contributed by atoms with van der Waals surface area (Å²) >= 11 is 12.1. The van der Waals surface area contributed by atoms with Crippen LogP contribution in [0.1, 0.15) is 21.6 Å². The Balaban J connectivity index is 1.80. The van der Waals surface area contributed by atoms with E-state index in [4.69, 9.17) is 23.2 Å². The van der Waals surface area contributed by atoms with Crippen LogP contribution in [-0.2, 0) is 0 Å². The molecule has 3 aromatic rings. The zero-order chi connectivity index (χ0) is 18.7. The molecule has 0 spiro atoms. The van der Waals surface area contributed by atoms with E-state index in [1.54, 1.807) is 24.3 Å². The van der Waals surface area contributed by atoms with Crippen LogP contribution in [0.3, 0.4) is 0 Å². The number of carbonyl (C=O) groups is 1. The van der Waals surface area contributed by atoms with Crippen molar-refractivity contribution in [2.75, 3.05) is 10.6 Å². The van der Waals surface area contributed by atoms with E-state index in [2.05, 4.69) is 20.6 Å². The van der Waals surface area contributed by atoms with Gasteiger partial charge in [0.1, 0.15) is 5.69 Å². The van der Waals surface area contributed by atoms with Crippen LogP contribution in [0.5, 0.6) is 0 Å². The van der Waals surface area contributed by atoms with Crippen molar-refractivity contribution in [3.8, 4) is 0 Å². The Kier molecular flexibility index (Phi) is 5.40. The second-order valence-corrected chi connectivity index (χ2v) is 6.63. The highest BCUT2D eigenvalue weighted by molar-refractivity contribution is 6.35. The molecule has 0 saturated heterocycles. The number of aryl methyl sites for hydroxylation is 2. The Morgan fingerprint density at radius 1 is 1.00 bits per heavy atom. The van der Waals surface area contributed by atoms with Crippen molar-refractivity contribution >= 4 is 46.4 Å². The van der Waals surface area contributed by atoms with Crippen molar-refractivity contribution in [2.45, 2.75) is 13.8 Å². The Bertz CT molecular complexity index is 976. The fraction of sp³-hybridized carbons (Fsp3) is 0.105. The van der Waals surface area contributed by atoms with E-state index >= 15 is 0 Å². The Labute approximate surface area is 161 Å². The van der Waals surface area contributed by atoms with E-state index in [1.165, 1.54) is 6.20 Å². The van der Waals surface area contributed by atoms with Crippen LogP contribution in [0.25, 0.3) is 0 Å². The van der Waals surface area contributed by atoms with Gasteiger partial charge in [0.2, 0.25) is 5.95 Å². The van der Waals surface area contributed by atoms with Gasteiger partial charge in [0.25, 0.3) is 5.91 Å². The quantitative estimate of drug-likeness (QED) is 0.629. The van der Waals surface area contributed by atoms with Gasteiger partial charge in [-0.05, 0) is 49.7 Å². The third-order valence-corrected chi connectivity index (χ3v) is 4.26. The number of amides is 1. The van der Waals surface area contributed by atoms with E-state index in [-0.39, 0.29) is 17.5 Å². The predicted octanol–water partition coefficient (Wildman–Crippen LogP) is 5.40. The molecular weight excluding hydrogens is 371 g/mol. The van der Waals surface area contributed by atoms with Gasteiger partial charge in [-0.1, -0.05) is 40.9 Å². The molecule has 3 rings (SSSR count). The zero-order valence-corrected chi connectivity index (χ0v) is 15.7. The Hall–Kier alpha value is -2.63. The van der Waals surface area contributed by atoms with Gasteiger partial charge >= 0.3 is 0 Å². The lowest BCUT2D eigenvalue weighted by atomic mass is 10.1. The first kappa shape index (κ1) is 18.2. The number of rotatable bonds is 4. The van der Waals surface area contributed by atoms with Gasteiger partial charge < -0.3 is 10.6 Å². The van der Waals surface area contributed by atoms with Crippen molar-refractivity contribution in [2.24, 2.45) is 0 Å². The van der Waals surface area contributed by atoms with Crippen LogP contribution in [-0.4, -0.2) is 15.9 Å². The maximum Gasteiger partial charge on any atom is 0.274 e. The SMILES string of the molecule is Cc1ccc(NC(=O)c2ccnc(Nc3cc(Cl)ccc3Cl)n2)c(C)c1. The van der Waals surface area contributed by atoms with Gasteiger partial charge in [-0.25, -0.2) is 9.97 Å². The standard InChI is InChI=1S/C19H16Cl2N4O/c1-11-3-6-15(12(2)9-11)23-18(26)16-7-8-22-19(24-16)25-17-10-13(20)4-5-14(17)21/h3-10H,1-2H3,(H,23,26)(H,22,24,25). The maximum atomic E-state index is 12.5. The molecule has 1 heterocycles. The zero-order valence-electron chi connectivity index (χ0n) is 14.2. The monoisotopic (exact) mass is 386 g/mol. The number of nitrogens with one attached hydrogen (secondary N) is 2. The topological polar surface area (TPSA) is 66.9 Å². The summed E-state index contributed by atoms with van der Waals surface area (Å²) in [7, 11) is 0. The average molecular weight is 387 g/mol. The first-order chi connectivity index (χ1) is 12.4. The molecule has 0 bridgehead atoms. The largest absolute Gasteiger partial charge is 0.323 e. The minimum atomic E-state index is -0.320. The van der Waals surface area contributed by atoms with Crippen LogP contribution in [0.2, 0.25) is 10.0 Å². The van der Waals surface area contributed by atoms with Gasteiger partial charge in [-0.3, -0.25) is 4.79 Å². The minimum Gasteiger partial charge on any atom is -0.323 e. The lowest BCUT2D eigenvalue weighted by molar-refractivity contribution is 0.102. The summed E-state index contributed by atoms with van der Waals surface area (Å²) in [6.07, 6.45) is 1.50. The number of hydrogen-bond acceptors (Lipinski definition) is 4. The Morgan fingerprint density at radius 3 is 2.58 bits per heavy atom. The highest BCUT2D eigenvalue weighted by Gasteiger charge is 2.11. The number of hydrogen-bond donors (Lipinski definition) is 2. The average Bonchev–Trinajstić information content (AvgIpc) is 2.61. The predicted molar refractivity (Wildman–Crippen MR) is 106 cm³/mol. The highest BCUT2D eigenvalue weighted by Crippen LogP contribution is 2.27. The van der Waals surface area contributed by atoms with Gasteiger partial charge in [-0.2, -0.15) is 0 Å². The van der Waals surface area contributed by atoms with E-state index in [0.29, 0.717) is 15.7 Å². The maximum absolute atomic E-state index is 12.5. The molecule has 1 amide bonds. The van der Waals surface area contributed by atoms with Crippen molar-refractivity contribution < 1.29 is 4.79 Å². The molecule has 0 aliphatic heterocycles. The summed E-state index contributed by atoms with van der Waals surface area (Å²) in [6.45, 7) is 3.94. The van der Waals surface area contributed by atoms with E-state index < -0.39 is 0 Å². The molecule has 0 fully saturated rings. The van der Waals surface area contributed by atoms with Crippen molar-refractivity contribution in [1.82, 2.24) is 9.97 Å². The molecule has 0 aliphatic carbocycles. The number of anilines is 3. The highest BCUT2D eigenvalue weighted by atomic mass is 35.5. The molecule has 1 aromatic heterocycles. The second kappa shape index (κ2) is 7.72.